The number of hydrogen-bond donors (Lipinski definition) is 1. The minimum absolute atomic E-state index is 0.0717. The van der Waals surface area contributed by atoms with Crippen molar-refractivity contribution in [1.82, 2.24) is 15.2 Å². The van der Waals surface area contributed by atoms with Gasteiger partial charge in [-0.3, -0.25) is 4.79 Å². The first-order valence-corrected chi connectivity index (χ1v) is 6.26. The van der Waals surface area contributed by atoms with Gasteiger partial charge in [0.15, 0.2) is 0 Å². The van der Waals surface area contributed by atoms with Gasteiger partial charge in [0.25, 0.3) is 5.91 Å². The predicted molar refractivity (Wildman–Crippen MR) is 70.4 cm³/mol. The van der Waals surface area contributed by atoms with Gasteiger partial charge in [0, 0.05) is 16.7 Å². The molecule has 0 bridgehead atoms. The Morgan fingerprint density at radius 1 is 1.56 bits per heavy atom. The lowest BCUT2D eigenvalue weighted by Crippen LogP contribution is -2.57. The Kier molecular flexibility index (Phi) is 3.44. The van der Waals surface area contributed by atoms with Gasteiger partial charge in [-0.2, -0.15) is 0 Å². The maximum absolute atomic E-state index is 11.8. The molecule has 1 aromatic heterocycles. The second-order valence-corrected chi connectivity index (χ2v) is 5.32. The SMILES string of the molecule is Cc1nc(C(=O)NC2CN(C)C2)ccc1I. The highest BCUT2D eigenvalue weighted by Gasteiger charge is 2.25. The molecule has 1 aliphatic heterocycles. The van der Waals surface area contributed by atoms with E-state index in [1.54, 1.807) is 6.07 Å². The number of likely N-dealkylation sites (tertiary alicyclic amines) is 1. The summed E-state index contributed by atoms with van der Waals surface area (Å²) in [5.74, 6) is -0.0717. The maximum atomic E-state index is 11.8. The molecule has 86 valence electrons. The molecule has 1 N–H and O–H groups in total. The minimum atomic E-state index is -0.0717. The molecule has 2 rings (SSSR count). The number of nitrogens with zero attached hydrogens (tertiary/aromatic N) is 2. The lowest BCUT2D eigenvalue weighted by Gasteiger charge is -2.36. The molecule has 1 aromatic rings. The van der Waals surface area contributed by atoms with Crippen LogP contribution in [0.4, 0.5) is 0 Å². The molecule has 0 saturated carbocycles. The summed E-state index contributed by atoms with van der Waals surface area (Å²) >= 11 is 2.21. The number of amides is 1. The Hall–Kier alpha value is -0.690. The molecule has 0 aliphatic carbocycles. The third kappa shape index (κ3) is 2.52. The highest BCUT2D eigenvalue weighted by atomic mass is 127. The van der Waals surface area contributed by atoms with Gasteiger partial charge in [0.1, 0.15) is 5.69 Å². The molecule has 2 heterocycles. The minimum Gasteiger partial charge on any atom is -0.345 e. The number of pyridine rings is 1. The van der Waals surface area contributed by atoms with Crippen molar-refractivity contribution in [3.63, 3.8) is 0 Å². The van der Waals surface area contributed by atoms with Crippen molar-refractivity contribution in [1.29, 1.82) is 0 Å². The van der Waals surface area contributed by atoms with E-state index < -0.39 is 0 Å². The first-order chi connectivity index (χ1) is 7.56. The zero-order valence-electron chi connectivity index (χ0n) is 9.33. The average molecular weight is 331 g/mol. The molecule has 1 aliphatic rings. The summed E-state index contributed by atoms with van der Waals surface area (Å²) in [6.45, 7) is 3.76. The zero-order valence-corrected chi connectivity index (χ0v) is 11.5. The Morgan fingerprint density at radius 3 is 2.81 bits per heavy atom. The summed E-state index contributed by atoms with van der Waals surface area (Å²) in [6, 6.07) is 3.97. The third-order valence-corrected chi connectivity index (χ3v) is 3.79. The summed E-state index contributed by atoms with van der Waals surface area (Å²) in [7, 11) is 2.04. The number of aromatic nitrogens is 1. The molecule has 0 atom stereocenters. The molecule has 5 heteroatoms. The highest BCUT2D eigenvalue weighted by Crippen LogP contribution is 2.10. The molecule has 1 saturated heterocycles. The van der Waals surface area contributed by atoms with E-state index in [2.05, 4.69) is 37.8 Å². The van der Waals surface area contributed by atoms with Gasteiger partial charge in [-0.05, 0) is 48.7 Å². The van der Waals surface area contributed by atoms with Crippen LogP contribution in [0, 0.1) is 10.5 Å². The monoisotopic (exact) mass is 331 g/mol. The number of carbonyl (C=O) groups is 1. The zero-order chi connectivity index (χ0) is 11.7. The largest absolute Gasteiger partial charge is 0.345 e. The number of carbonyl (C=O) groups excluding carboxylic acids is 1. The Labute approximate surface area is 109 Å². The fourth-order valence-corrected chi connectivity index (χ4v) is 2.02. The smallest absolute Gasteiger partial charge is 0.270 e. The van der Waals surface area contributed by atoms with Crippen molar-refractivity contribution in [2.75, 3.05) is 20.1 Å². The van der Waals surface area contributed by atoms with Gasteiger partial charge in [-0.15, -0.1) is 0 Å². The van der Waals surface area contributed by atoms with Crippen LogP contribution in [0.2, 0.25) is 0 Å². The van der Waals surface area contributed by atoms with Crippen LogP contribution < -0.4 is 5.32 Å². The molecule has 0 radical (unpaired) electrons. The molecule has 0 spiro atoms. The van der Waals surface area contributed by atoms with Crippen molar-refractivity contribution < 1.29 is 4.79 Å². The van der Waals surface area contributed by atoms with Gasteiger partial charge >= 0.3 is 0 Å². The van der Waals surface area contributed by atoms with E-state index in [9.17, 15) is 4.79 Å². The van der Waals surface area contributed by atoms with E-state index in [1.165, 1.54) is 0 Å². The standard InChI is InChI=1S/C11H14IN3O/c1-7-9(12)3-4-10(13-7)11(16)14-8-5-15(2)6-8/h3-4,8H,5-6H2,1-2H3,(H,14,16). The van der Waals surface area contributed by atoms with Crippen LogP contribution in [0.25, 0.3) is 0 Å². The van der Waals surface area contributed by atoms with Crippen molar-refractivity contribution in [2.24, 2.45) is 0 Å². The number of rotatable bonds is 2. The summed E-state index contributed by atoms with van der Waals surface area (Å²) in [5, 5.41) is 2.96. The molecule has 16 heavy (non-hydrogen) atoms. The van der Waals surface area contributed by atoms with E-state index in [0.717, 1.165) is 22.4 Å². The van der Waals surface area contributed by atoms with E-state index >= 15 is 0 Å². The lowest BCUT2D eigenvalue weighted by atomic mass is 10.1. The predicted octanol–water partition coefficient (Wildman–Crippen LogP) is 1.04. The third-order valence-electron chi connectivity index (χ3n) is 2.65. The number of likely N-dealkylation sites (N-methyl/N-ethyl adjacent to an activating group) is 1. The molecule has 0 aromatic carbocycles. The second-order valence-electron chi connectivity index (χ2n) is 4.16. The first kappa shape index (κ1) is 11.8. The number of nitrogens with one attached hydrogen (secondary N) is 1. The molecular formula is C11H14IN3O. The van der Waals surface area contributed by atoms with Crippen molar-refractivity contribution >= 4 is 28.5 Å². The second kappa shape index (κ2) is 4.67. The Bertz CT molecular complexity index is 416. The highest BCUT2D eigenvalue weighted by molar-refractivity contribution is 14.1. The Morgan fingerprint density at radius 2 is 2.25 bits per heavy atom. The number of halogens is 1. The number of aryl methyl sites for hydroxylation is 1. The van der Waals surface area contributed by atoms with Gasteiger partial charge in [0.05, 0.1) is 11.7 Å². The van der Waals surface area contributed by atoms with Crippen molar-refractivity contribution in [3.8, 4) is 0 Å². The molecule has 1 amide bonds. The van der Waals surface area contributed by atoms with E-state index in [0.29, 0.717) is 5.69 Å². The van der Waals surface area contributed by atoms with E-state index in [1.807, 2.05) is 20.0 Å². The summed E-state index contributed by atoms with van der Waals surface area (Å²) in [6.07, 6.45) is 0. The van der Waals surface area contributed by atoms with Crippen LogP contribution in [-0.2, 0) is 0 Å². The van der Waals surface area contributed by atoms with Crippen LogP contribution in [0.1, 0.15) is 16.2 Å². The molecular weight excluding hydrogens is 317 g/mol. The normalized spacial score (nSPS) is 16.9. The van der Waals surface area contributed by atoms with Crippen LogP contribution in [0.15, 0.2) is 12.1 Å². The number of hydrogen-bond acceptors (Lipinski definition) is 3. The molecule has 1 fully saturated rings. The molecule has 0 unspecified atom stereocenters. The average Bonchev–Trinajstić information content (AvgIpc) is 2.19. The van der Waals surface area contributed by atoms with Crippen molar-refractivity contribution in [3.05, 3.63) is 27.1 Å². The van der Waals surface area contributed by atoms with Gasteiger partial charge < -0.3 is 10.2 Å². The Balaban J connectivity index is 2.01. The fraction of sp³-hybridized carbons (Fsp3) is 0.455. The van der Waals surface area contributed by atoms with E-state index in [-0.39, 0.29) is 11.9 Å². The molecule has 4 nitrogen and oxygen atoms in total. The van der Waals surface area contributed by atoms with Gasteiger partial charge in [0.2, 0.25) is 0 Å². The summed E-state index contributed by atoms with van der Waals surface area (Å²) in [5.41, 5.74) is 1.41. The fourth-order valence-electron chi connectivity index (χ4n) is 1.72. The van der Waals surface area contributed by atoms with E-state index in [4.69, 9.17) is 0 Å². The topological polar surface area (TPSA) is 45.2 Å². The maximum Gasteiger partial charge on any atom is 0.270 e. The van der Waals surface area contributed by atoms with Crippen LogP contribution >= 0.6 is 22.6 Å². The van der Waals surface area contributed by atoms with Crippen LogP contribution in [0.3, 0.4) is 0 Å². The quantitative estimate of drug-likeness (QED) is 0.824. The van der Waals surface area contributed by atoms with Crippen molar-refractivity contribution in [2.45, 2.75) is 13.0 Å². The summed E-state index contributed by atoms with van der Waals surface area (Å²) in [4.78, 5) is 18.3. The lowest BCUT2D eigenvalue weighted by molar-refractivity contribution is 0.0852. The van der Waals surface area contributed by atoms with Crippen LogP contribution in [0.5, 0.6) is 0 Å². The first-order valence-electron chi connectivity index (χ1n) is 5.19. The van der Waals surface area contributed by atoms with Gasteiger partial charge in [-0.25, -0.2) is 4.98 Å². The van der Waals surface area contributed by atoms with Crippen LogP contribution in [-0.4, -0.2) is 42.0 Å². The summed E-state index contributed by atoms with van der Waals surface area (Å²) < 4.78 is 1.08. The van der Waals surface area contributed by atoms with Gasteiger partial charge in [-0.1, -0.05) is 0 Å².